The molecule has 0 N–H and O–H groups in total. The van der Waals surface area contributed by atoms with Crippen LogP contribution in [0.1, 0.15) is 63.4 Å². The molecule has 0 heterocycles. The van der Waals surface area contributed by atoms with Crippen molar-refractivity contribution in [2.45, 2.75) is 80.4 Å². The standard InChI is InChI=1S/C13H22OS.C7H8O3S.C3H9S.CHF3O3S/c14-12-8-4-5-9-13(12)15-10-11-6-2-1-3-7-11;1-6-2-4-7(5-3-6)11(8,9)10;1-4(2)3;2-1(3,4)8(5,6)7/h11,13H,1-10H2;2-5H,1H3,(H,8,9,10);1-3H3;(H,5,6,7)/q;;+1;/p-1. The van der Waals surface area contributed by atoms with Crippen LogP contribution in [0.3, 0.4) is 0 Å². The van der Waals surface area contributed by atoms with E-state index in [1.54, 1.807) is 12.1 Å². The van der Waals surface area contributed by atoms with E-state index in [0.29, 0.717) is 21.9 Å². The minimum Gasteiger partial charge on any atom is -0.744 e. The van der Waals surface area contributed by atoms with Gasteiger partial charge in [0.25, 0.3) is 0 Å². The number of benzene rings is 1. The molecule has 0 amide bonds. The van der Waals surface area contributed by atoms with Crippen molar-refractivity contribution in [2.75, 3.05) is 24.5 Å². The van der Waals surface area contributed by atoms with E-state index in [-0.39, 0.29) is 4.90 Å². The second-order valence-electron chi connectivity index (χ2n) is 9.49. The van der Waals surface area contributed by atoms with Crippen LogP contribution < -0.4 is 0 Å². The minimum absolute atomic E-state index is 0.178. The lowest BCUT2D eigenvalue weighted by Gasteiger charge is -2.20. The van der Waals surface area contributed by atoms with E-state index in [2.05, 4.69) is 18.8 Å². The Morgan fingerprint density at radius 2 is 1.34 bits per heavy atom. The summed E-state index contributed by atoms with van der Waals surface area (Å²) in [4.78, 5) is 11.5. The van der Waals surface area contributed by atoms with Crippen molar-refractivity contribution in [3.05, 3.63) is 29.8 Å². The quantitative estimate of drug-likeness (QED) is 0.211. The van der Waals surface area contributed by atoms with Gasteiger partial charge in [0, 0.05) is 18.8 Å². The van der Waals surface area contributed by atoms with E-state index < -0.39 is 25.7 Å². The number of rotatable bonds is 4. The number of alkyl halides is 3. The summed E-state index contributed by atoms with van der Waals surface area (Å²) in [7, 11) is -9.72. The third-order valence-corrected chi connectivity index (χ3v) is 8.55. The molecule has 0 aromatic heterocycles. The first-order valence-electron chi connectivity index (χ1n) is 12.1. The first kappa shape index (κ1) is 37.2. The molecule has 2 fully saturated rings. The van der Waals surface area contributed by atoms with Crippen LogP contribution in [0.4, 0.5) is 13.2 Å². The van der Waals surface area contributed by atoms with Gasteiger partial charge in [-0.05, 0) is 67.4 Å². The Kier molecular flexibility index (Phi) is 17.4. The van der Waals surface area contributed by atoms with Crippen molar-refractivity contribution < 1.29 is 43.9 Å². The smallest absolute Gasteiger partial charge is 0.485 e. The van der Waals surface area contributed by atoms with Gasteiger partial charge in [0.1, 0.15) is 15.9 Å². The predicted molar refractivity (Wildman–Crippen MR) is 147 cm³/mol. The van der Waals surface area contributed by atoms with Crippen LogP contribution in [-0.4, -0.2) is 67.0 Å². The number of halogens is 3. The Hall–Kier alpha value is -0.800. The van der Waals surface area contributed by atoms with Gasteiger partial charge in [-0.3, -0.25) is 4.79 Å². The molecule has 1 atom stereocenters. The van der Waals surface area contributed by atoms with Crippen LogP contribution in [0.5, 0.6) is 0 Å². The van der Waals surface area contributed by atoms with Crippen molar-refractivity contribution in [1.29, 1.82) is 0 Å². The Bertz CT molecular complexity index is 1020. The lowest BCUT2D eigenvalue weighted by atomic mass is 9.91. The Labute approximate surface area is 232 Å². The molecule has 222 valence electrons. The number of hydrogen-bond acceptors (Lipinski definition) is 7. The number of aryl methyl sites for hydroxylation is 1. The normalized spacial score (nSPS) is 18.8. The minimum atomic E-state index is -6.09. The maximum absolute atomic E-state index is 11.7. The van der Waals surface area contributed by atoms with Gasteiger partial charge in [-0.2, -0.15) is 13.2 Å². The molecule has 1 aromatic carbocycles. The van der Waals surface area contributed by atoms with E-state index in [1.807, 2.05) is 6.92 Å². The predicted octanol–water partition coefficient (Wildman–Crippen LogP) is 4.34. The molecule has 0 bridgehead atoms. The molecule has 0 radical (unpaired) electrons. The van der Waals surface area contributed by atoms with E-state index in [9.17, 15) is 30.9 Å². The molecule has 2 aliphatic rings. The summed E-state index contributed by atoms with van der Waals surface area (Å²) in [6.07, 6.45) is 18.2. The van der Waals surface area contributed by atoms with Gasteiger partial charge in [0.05, 0.1) is 23.7 Å². The highest BCUT2D eigenvalue weighted by molar-refractivity contribution is 7.94. The molecule has 3 rings (SSSR count). The summed E-state index contributed by atoms with van der Waals surface area (Å²) in [5, 5.41) is 0.417. The average Bonchev–Trinajstić information content (AvgIpc) is 2.78. The monoisotopic (exact) mass is 624 g/mol. The topological polar surface area (TPSA) is 131 Å². The Morgan fingerprint density at radius 3 is 1.74 bits per heavy atom. The summed E-state index contributed by atoms with van der Waals surface area (Å²) in [6, 6.07) is 5.78. The van der Waals surface area contributed by atoms with Crippen molar-refractivity contribution in [1.82, 2.24) is 0 Å². The average molecular weight is 625 g/mol. The van der Waals surface area contributed by atoms with Crippen LogP contribution in [0.2, 0.25) is 0 Å². The molecular formula is C24H39F3O7S4. The van der Waals surface area contributed by atoms with Crippen molar-refractivity contribution >= 4 is 48.7 Å². The zero-order chi connectivity index (χ0) is 29.6. The van der Waals surface area contributed by atoms with Gasteiger partial charge in [-0.15, -0.1) is 0 Å². The third kappa shape index (κ3) is 17.7. The first-order valence-corrected chi connectivity index (χ1v) is 18.5. The fourth-order valence-electron chi connectivity index (χ4n) is 3.51. The summed E-state index contributed by atoms with van der Waals surface area (Å²) in [5.41, 5.74) is -4.72. The molecular weight excluding hydrogens is 586 g/mol. The maximum atomic E-state index is 11.7. The summed E-state index contributed by atoms with van der Waals surface area (Å²) in [6.45, 7) is 1.82. The van der Waals surface area contributed by atoms with Gasteiger partial charge in [-0.25, -0.2) is 16.8 Å². The van der Waals surface area contributed by atoms with Crippen LogP contribution in [0.25, 0.3) is 0 Å². The number of Topliss-reactive ketones (excluding diaryl/α,β-unsaturated/α-hetero) is 1. The van der Waals surface area contributed by atoms with E-state index >= 15 is 0 Å². The molecule has 0 saturated heterocycles. The fourth-order valence-corrected chi connectivity index (χ4v) is 5.59. The lowest BCUT2D eigenvalue weighted by molar-refractivity contribution is -0.119. The van der Waals surface area contributed by atoms with Crippen LogP contribution >= 0.6 is 0 Å². The van der Waals surface area contributed by atoms with Gasteiger partial charge in [-0.1, -0.05) is 37.0 Å². The van der Waals surface area contributed by atoms with Crippen LogP contribution in [0.15, 0.2) is 29.2 Å². The van der Waals surface area contributed by atoms with Gasteiger partial charge in [0.2, 0.25) is 0 Å². The van der Waals surface area contributed by atoms with Gasteiger partial charge >= 0.3 is 5.51 Å². The number of ketones is 1. The van der Waals surface area contributed by atoms with Gasteiger partial charge < -0.3 is 9.11 Å². The third-order valence-electron chi connectivity index (χ3n) is 5.42. The van der Waals surface area contributed by atoms with Gasteiger partial charge in [0.15, 0.2) is 21.2 Å². The van der Waals surface area contributed by atoms with Crippen molar-refractivity contribution in [3.63, 3.8) is 0 Å². The molecule has 14 heteroatoms. The summed E-state index contributed by atoms with van der Waals surface area (Å²) in [5.74, 6) is 2.80. The number of carbonyl (C=O) groups excluding carboxylic acids is 1. The molecule has 0 aliphatic heterocycles. The zero-order valence-electron chi connectivity index (χ0n) is 22.2. The molecule has 2 aliphatic carbocycles. The SMILES string of the molecule is C[S+](C)C.Cc1ccc(S(=O)(=O)[O-])cc1.O=C1CCCCC1[SH+]CC1CCCCC1.O=S(=O)([O-])C(F)(F)F. The molecule has 1 aromatic rings. The van der Waals surface area contributed by atoms with Crippen LogP contribution in [0, 0.1) is 12.8 Å². The molecule has 0 spiro atoms. The highest BCUT2D eigenvalue weighted by Crippen LogP contribution is 2.26. The largest absolute Gasteiger partial charge is 0.744 e. The summed E-state index contributed by atoms with van der Waals surface area (Å²) < 4.78 is 90.1. The highest BCUT2D eigenvalue weighted by Gasteiger charge is 2.37. The van der Waals surface area contributed by atoms with E-state index in [1.165, 1.54) is 74.6 Å². The van der Waals surface area contributed by atoms with Crippen LogP contribution in [-0.2, 0) is 47.7 Å². The Morgan fingerprint density at radius 1 is 0.895 bits per heavy atom. The second kappa shape index (κ2) is 17.8. The second-order valence-corrected chi connectivity index (χ2v) is 16.0. The molecule has 1 unspecified atom stereocenters. The first-order chi connectivity index (χ1) is 17.3. The molecule has 7 nitrogen and oxygen atoms in total. The highest BCUT2D eigenvalue weighted by atomic mass is 32.2. The number of thiol groups is 1. The number of carbonyl (C=O) groups is 1. The van der Waals surface area contributed by atoms with Crippen molar-refractivity contribution in [2.24, 2.45) is 5.92 Å². The molecule has 38 heavy (non-hydrogen) atoms. The Balaban J connectivity index is 0.000000527. The van der Waals surface area contributed by atoms with E-state index in [0.717, 1.165) is 24.3 Å². The summed E-state index contributed by atoms with van der Waals surface area (Å²) >= 11 is 1.45. The van der Waals surface area contributed by atoms with Crippen molar-refractivity contribution in [3.8, 4) is 0 Å². The lowest BCUT2D eigenvalue weighted by Crippen LogP contribution is -2.29. The maximum Gasteiger partial charge on any atom is 0.485 e. The molecule has 2 saturated carbocycles. The number of hydrogen-bond donors (Lipinski definition) is 0. The fraction of sp³-hybridized carbons (Fsp3) is 0.708. The van der Waals surface area contributed by atoms with E-state index in [4.69, 9.17) is 13.0 Å². The zero-order valence-corrected chi connectivity index (χ0v) is 25.5.